The Morgan fingerprint density at radius 1 is 1.16 bits per heavy atom. The third-order valence-electron chi connectivity index (χ3n) is 6.46. The summed E-state index contributed by atoms with van der Waals surface area (Å²) in [5.74, 6) is 0.764. The number of hydrogen-bond acceptors (Lipinski definition) is 5. The molecule has 7 heteroatoms. The van der Waals surface area contributed by atoms with E-state index in [1.165, 1.54) is 5.56 Å². The van der Waals surface area contributed by atoms with Gasteiger partial charge in [0.2, 0.25) is 0 Å². The molecule has 166 valence electrons. The molecule has 1 aromatic heterocycles. The number of likely N-dealkylation sites (tertiary alicyclic amines) is 1. The fourth-order valence-electron chi connectivity index (χ4n) is 4.78. The van der Waals surface area contributed by atoms with E-state index < -0.39 is 0 Å². The second-order valence-electron chi connectivity index (χ2n) is 8.45. The topological polar surface area (TPSA) is 54.9 Å². The van der Waals surface area contributed by atoms with Crippen LogP contribution in [-0.2, 0) is 11.3 Å². The number of methoxy groups -OCH3 is 1. The average molecular weight is 452 g/mol. The fraction of sp³-hybridized carbons (Fsp3) is 0.360. The lowest BCUT2D eigenvalue weighted by molar-refractivity contribution is 0.110. The van der Waals surface area contributed by atoms with Gasteiger partial charge in [-0.25, -0.2) is 4.79 Å². The minimum Gasteiger partial charge on any atom is -0.497 e. The number of benzene rings is 2. The van der Waals surface area contributed by atoms with Gasteiger partial charge in [0, 0.05) is 47.8 Å². The molecular formula is C25H26ClN3O3. The van der Waals surface area contributed by atoms with Crippen LogP contribution in [0.15, 0.2) is 54.7 Å². The molecule has 1 amide bonds. The summed E-state index contributed by atoms with van der Waals surface area (Å²) >= 11 is 6.12. The number of pyridine rings is 1. The molecule has 1 atom stereocenters. The van der Waals surface area contributed by atoms with E-state index in [9.17, 15) is 4.79 Å². The normalized spacial score (nSPS) is 20.0. The number of amides is 1. The Balaban J connectivity index is 1.25. The van der Waals surface area contributed by atoms with Crippen LogP contribution < -0.4 is 4.74 Å². The molecule has 3 heterocycles. The maximum absolute atomic E-state index is 12.8. The summed E-state index contributed by atoms with van der Waals surface area (Å²) in [7, 11) is 1.65. The van der Waals surface area contributed by atoms with E-state index in [2.05, 4.69) is 16.0 Å². The van der Waals surface area contributed by atoms with Crippen molar-refractivity contribution in [1.29, 1.82) is 0 Å². The molecular weight excluding hydrogens is 426 g/mol. The highest BCUT2D eigenvalue weighted by Crippen LogP contribution is 2.34. The smallest absolute Gasteiger partial charge is 0.410 e. The lowest BCUT2D eigenvalue weighted by Crippen LogP contribution is -2.45. The van der Waals surface area contributed by atoms with E-state index in [0.717, 1.165) is 59.7 Å². The van der Waals surface area contributed by atoms with Crippen LogP contribution in [0.2, 0.25) is 5.02 Å². The van der Waals surface area contributed by atoms with E-state index in [1.807, 2.05) is 47.4 Å². The number of halogens is 1. The standard InChI is InChI=1S/C25H26ClN3O3/c1-31-20-5-6-23-22(14-20)21(7-10-27-23)24-16-29(25(30)32-24)19-8-11-28(12-9-19)15-17-3-2-4-18(26)13-17/h2-7,10,13-14,19,24H,8-9,11-12,15-16H2,1H3. The SMILES string of the molecule is COc1ccc2nccc(C3CN(C4CCN(Cc5cccc(Cl)c5)CC4)C(=O)O3)c2c1. The zero-order valence-corrected chi connectivity index (χ0v) is 18.8. The summed E-state index contributed by atoms with van der Waals surface area (Å²) in [6.45, 7) is 3.33. The van der Waals surface area contributed by atoms with Crippen LogP contribution >= 0.6 is 11.6 Å². The monoisotopic (exact) mass is 451 g/mol. The maximum atomic E-state index is 12.8. The lowest BCUT2D eigenvalue weighted by atomic mass is 10.0. The van der Waals surface area contributed by atoms with Gasteiger partial charge in [-0.2, -0.15) is 0 Å². The Kier molecular flexibility index (Phi) is 5.89. The summed E-state index contributed by atoms with van der Waals surface area (Å²) in [5, 5.41) is 1.73. The lowest BCUT2D eigenvalue weighted by Gasteiger charge is -2.35. The van der Waals surface area contributed by atoms with E-state index in [4.69, 9.17) is 21.1 Å². The number of fused-ring (bicyclic) bond motifs is 1. The van der Waals surface area contributed by atoms with Crippen LogP contribution in [0.1, 0.15) is 30.1 Å². The fourth-order valence-corrected chi connectivity index (χ4v) is 4.99. The van der Waals surface area contributed by atoms with Gasteiger partial charge >= 0.3 is 6.09 Å². The second-order valence-corrected chi connectivity index (χ2v) is 8.88. The molecule has 0 radical (unpaired) electrons. The summed E-state index contributed by atoms with van der Waals surface area (Å²) in [5.41, 5.74) is 3.06. The maximum Gasteiger partial charge on any atom is 0.410 e. The van der Waals surface area contributed by atoms with Gasteiger partial charge in [0.25, 0.3) is 0 Å². The van der Waals surface area contributed by atoms with Crippen molar-refractivity contribution in [3.05, 3.63) is 70.9 Å². The van der Waals surface area contributed by atoms with Gasteiger partial charge in [-0.05, 0) is 54.8 Å². The number of nitrogens with zero attached hydrogens (tertiary/aromatic N) is 3. The average Bonchev–Trinajstić information content (AvgIpc) is 3.20. The third-order valence-corrected chi connectivity index (χ3v) is 6.70. The van der Waals surface area contributed by atoms with Crippen molar-refractivity contribution in [3.63, 3.8) is 0 Å². The zero-order valence-electron chi connectivity index (χ0n) is 18.0. The van der Waals surface area contributed by atoms with Crippen LogP contribution in [0.3, 0.4) is 0 Å². The van der Waals surface area contributed by atoms with Gasteiger partial charge in [-0.3, -0.25) is 9.88 Å². The highest BCUT2D eigenvalue weighted by atomic mass is 35.5. The molecule has 32 heavy (non-hydrogen) atoms. The van der Waals surface area contributed by atoms with Crippen LogP contribution in [0.25, 0.3) is 10.9 Å². The number of carbonyl (C=O) groups is 1. The molecule has 2 saturated heterocycles. The minimum absolute atomic E-state index is 0.200. The Morgan fingerprint density at radius 2 is 2.00 bits per heavy atom. The molecule has 2 aromatic carbocycles. The van der Waals surface area contributed by atoms with Gasteiger partial charge in [0.15, 0.2) is 0 Å². The summed E-state index contributed by atoms with van der Waals surface area (Å²) < 4.78 is 11.2. The zero-order chi connectivity index (χ0) is 22.1. The molecule has 5 rings (SSSR count). The van der Waals surface area contributed by atoms with Crippen LogP contribution in [-0.4, -0.2) is 53.7 Å². The first-order chi connectivity index (χ1) is 15.6. The molecule has 2 aliphatic rings. The highest BCUT2D eigenvalue weighted by Gasteiger charge is 2.38. The van der Waals surface area contributed by atoms with Crippen LogP contribution in [0, 0.1) is 0 Å². The van der Waals surface area contributed by atoms with E-state index in [1.54, 1.807) is 13.3 Å². The van der Waals surface area contributed by atoms with Crippen molar-refractivity contribution < 1.29 is 14.3 Å². The van der Waals surface area contributed by atoms with E-state index >= 15 is 0 Å². The van der Waals surface area contributed by atoms with E-state index in [-0.39, 0.29) is 18.2 Å². The molecule has 0 N–H and O–H groups in total. The molecule has 1 unspecified atom stereocenters. The predicted molar refractivity (Wildman–Crippen MR) is 124 cm³/mol. The van der Waals surface area contributed by atoms with Gasteiger partial charge in [-0.1, -0.05) is 23.7 Å². The summed E-state index contributed by atoms with van der Waals surface area (Å²) in [6.07, 6.45) is 3.12. The molecule has 0 aliphatic carbocycles. The van der Waals surface area contributed by atoms with Crippen LogP contribution in [0.5, 0.6) is 5.75 Å². The van der Waals surface area contributed by atoms with Gasteiger partial charge < -0.3 is 14.4 Å². The highest BCUT2D eigenvalue weighted by molar-refractivity contribution is 6.30. The Bertz CT molecular complexity index is 1130. The van der Waals surface area contributed by atoms with Crippen molar-refractivity contribution in [2.45, 2.75) is 31.5 Å². The molecule has 0 bridgehead atoms. The Hall–Kier alpha value is -2.83. The number of ether oxygens (including phenoxy) is 2. The number of carbonyl (C=O) groups excluding carboxylic acids is 1. The van der Waals surface area contributed by atoms with Gasteiger partial charge in [0.05, 0.1) is 19.2 Å². The molecule has 3 aromatic rings. The van der Waals surface area contributed by atoms with E-state index in [0.29, 0.717) is 6.54 Å². The number of piperidine rings is 1. The first kappa shape index (κ1) is 21.0. The van der Waals surface area contributed by atoms with Crippen molar-refractivity contribution in [3.8, 4) is 5.75 Å². The minimum atomic E-state index is -0.301. The van der Waals surface area contributed by atoms with Crippen LogP contribution in [0.4, 0.5) is 4.79 Å². The Labute approximate surface area is 192 Å². The predicted octanol–water partition coefficient (Wildman–Crippen LogP) is 5.05. The van der Waals surface area contributed by atoms with Gasteiger partial charge in [-0.15, -0.1) is 0 Å². The van der Waals surface area contributed by atoms with Crippen molar-refractivity contribution >= 4 is 28.6 Å². The van der Waals surface area contributed by atoms with Gasteiger partial charge in [0.1, 0.15) is 11.9 Å². The van der Waals surface area contributed by atoms with Crippen molar-refractivity contribution in [2.24, 2.45) is 0 Å². The molecule has 0 spiro atoms. The first-order valence-corrected chi connectivity index (χ1v) is 11.4. The number of rotatable bonds is 5. The second kappa shape index (κ2) is 8.96. The molecule has 6 nitrogen and oxygen atoms in total. The number of cyclic esters (lactones) is 1. The first-order valence-electron chi connectivity index (χ1n) is 11.0. The summed E-state index contributed by atoms with van der Waals surface area (Å²) in [6, 6.07) is 15.9. The van der Waals surface area contributed by atoms with Crippen molar-refractivity contribution in [2.75, 3.05) is 26.7 Å². The van der Waals surface area contributed by atoms with Crippen molar-refractivity contribution in [1.82, 2.24) is 14.8 Å². The summed E-state index contributed by atoms with van der Waals surface area (Å²) in [4.78, 5) is 21.5. The number of hydrogen-bond donors (Lipinski definition) is 0. The third kappa shape index (κ3) is 4.25. The Morgan fingerprint density at radius 3 is 2.78 bits per heavy atom. The molecule has 0 saturated carbocycles. The molecule has 2 fully saturated rings. The molecule has 2 aliphatic heterocycles. The number of aromatic nitrogens is 1. The quantitative estimate of drug-likeness (QED) is 0.543. The largest absolute Gasteiger partial charge is 0.497 e.